The highest BCUT2D eigenvalue weighted by atomic mass is 32.2. The summed E-state index contributed by atoms with van der Waals surface area (Å²) in [6.45, 7) is 8.12. The van der Waals surface area contributed by atoms with E-state index in [1.807, 2.05) is 0 Å². The van der Waals surface area contributed by atoms with Crippen LogP contribution < -0.4 is 4.72 Å². The van der Waals surface area contributed by atoms with Gasteiger partial charge in [-0.2, -0.15) is 0 Å². The minimum absolute atomic E-state index is 0.0306. The maximum atomic E-state index is 12.2. The van der Waals surface area contributed by atoms with Crippen LogP contribution in [0.3, 0.4) is 0 Å². The summed E-state index contributed by atoms with van der Waals surface area (Å²) in [5.41, 5.74) is 0.573. The van der Waals surface area contributed by atoms with Gasteiger partial charge in [-0.3, -0.25) is 0 Å². The Hall–Kier alpha value is -0.430. The van der Waals surface area contributed by atoms with Crippen LogP contribution in [0.15, 0.2) is 15.7 Å². The third kappa shape index (κ3) is 2.01. The topological polar surface area (TPSA) is 66.4 Å². The predicted octanol–water partition coefficient (Wildman–Crippen LogP) is 1.95. The Kier molecular flexibility index (Phi) is 3.13. The second-order valence-corrected chi connectivity index (χ2v) is 8.78. The Labute approximate surface area is 112 Å². The van der Waals surface area contributed by atoms with Crippen molar-refractivity contribution in [1.29, 1.82) is 0 Å². The van der Waals surface area contributed by atoms with E-state index >= 15 is 0 Å². The van der Waals surface area contributed by atoms with Crippen molar-refractivity contribution in [3.05, 3.63) is 17.0 Å². The molecule has 1 aliphatic rings. The smallest absolute Gasteiger partial charge is 0.250 e. The van der Waals surface area contributed by atoms with Crippen LogP contribution in [0.2, 0.25) is 0 Å². The monoisotopic (exact) mass is 289 g/mol. The molecule has 1 aromatic heterocycles. The van der Waals surface area contributed by atoms with Crippen LogP contribution in [-0.2, 0) is 16.6 Å². The second kappa shape index (κ2) is 4.03. The SMILES string of the molecule is CC1(C)C(NS(=O)(=O)c2cc(CO)cs2)C1(C)C. The molecule has 0 unspecified atom stereocenters. The fraction of sp³-hybridized carbons (Fsp3) is 0.667. The largest absolute Gasteiger partial charge is 0.392 e. The van der Waals surface area contributed by atoms with Crippen molar-refractivity contribution < 1.29 is 13.5 Å². The molecule has 1 aliphatic carbocycles. The molecule has 0 radical (unpaired) electrons. The van der Waals surface area contributed by atoms with Gasteiger partial charge in [-0.05, 0) is 27.8 Å². The van der Waals surface area contributed by atoms with Gasteiger partial charge in [0.05, 0.1) is 6.61 Å². The van der Waals surface area contributed by atoms with Crippen molar-refractivity contribution in [2.75, 3.05) is 0 Å². The van der Waals surface area contributed by atoms with Crippen molar-refractivity contribution >= 4 is 21.4 Å². The zero-order valence-corrected chi connectivity index (χ0v) is 12.7. The summed E-state index contributed by atoms with van der Waals surface area (Å²) in [7, 11) is -3.47. The van der Waals surface area contributed by atoms with Crippen LogP contribution in [0.25, 0.3) is 0 Å². The summed E-state index contributed by atoms with van der Waals surface area (Å²) >= 11 is 1.14. The molecule has 0 atom stereocenters. The van der Waals surface area contributed by atoms with Gasteiger partial charge >= 0.3 is 0 Å². The summed E-state index contributed by atoms with van der Waals surface area (Å²) in [6.07, 6.45) is 0. The number of nitrogens with one attached hydrogen (secondary N) is 1. The minimum atomic E-state index is -3.47. The van der Waals surface area contributed by atoms with E-state index < -0.39 is 10.0 Å². The molecule has 0 aliphatic heterocycles. The van der Waals surface area contributed by atoms with Crippen molar-refractivity contribution in [1.82, 2.24) is 4.72 Å². The standard InChI is InChI=1S/C12H19NO3S2/c1-11(2)10(12(11,3)4)13-18(15,16)9-5-8(6-14)7-17-9/h5,7,10,13-14H,6H2,1-4H3. The van der Waals surface area contributed by atoms with Crippen LogP contribution in [0.1, 0.15) is 33.3 Å². The van der Waals surface area contributed by atoms with Crippen LogP contribution in [0, 0.1) is 10.8 Å². The molecule has 0 aromatic carbocycles. The first-order valence-electron chi connectivity index (χ1n) is 5.83. The van der Waals surface area contributed by atoms with Crippen molar-refractivity contribution in [3.63, 3.8) is 0 Å². The van der Waals surface area contributed by atoms with E-state index in [1.165, 1.54) is 6.07 Å². The first-order valence-corrected chi connectivity index (χ1v) is 8.20. The first kappa shape index (κ1) is 14.0. The van der Waals surface area contributed by atoms with Crippen molar-refractivity contribution in [3.8, 4) is 0 Å². The van der Waals surface area contributed by atoms with E-state index in [-0.39, 0.29) is 27.7 Å². The third-order valence-corrected chi connectivity index (χ3v) is 7.28. The molecule has 1 heterocycles. The summed E-state index contributed by atoms with van der Waals surface area (Å²) in [6, 6.07) is 1.48. The zero-order chi connectivity index (χ0) is 13.8. The van der Waals surface area contributed by atoms with Crippen LogP contribution in [0.4, 0.5) is 0 Å². The predicted molar refractivity (Wildman–Crippen MR) is 71.9 cm³/mol. The summed E-state index contributed by atoms with van der Waals surface area (Å²) in [5.74, 6) is 0. The highest BCUT2D eigenvalue weighted by Gasteiger charge is 2.66. The number of rotatable bonds is 4. The van der Waals surface area contributed by atoms with E-state index in [9.17, 15) is 8.42 Å². The van der Waals surface area contributed by atoms with E-state index in [0.29, 0.717) is 5.56 Å². The van der Waals surface area contributed by atoms with Gasteiger partial charge in [0.15, 0.2) is 0 Å². The van der Waals surface area contributed by atoms with Crippen molar-refractivity contribution in [2.24, 2.45) is 10.8 Å². The quantitative estimate of drug-likeness (QED) is 0.890. The third-order valence-electron chi connectivity index (χ3n) is 4.37. The van der Waals surface area contributed by atoms with Gasteiger partial charge in [0, 0.05) is 6.04 Å². The van der Waals surface area contributed by atoms with E-state index in [2.05, 4.69) is 32.4 Å². The molecule has 1 aromatic rings. The molecule has 102 valence electrons. The molecule has 0 amide bonds. The summed E-state index contributed by atoms with van der Waals surface area (Å²) in [5, 5.41) is 10.6. The Morgan fingerprint density at radius 3 is 2.28 bits per heavy atom. The number of hydrogen-bond donors (Lipinski definition) is 2. The normalized spacial score (nSPS) is 22.1. The number of aliphatic hydroxyl groups excluding tert-OH is 1. The van der Waals surface area contributed by atoms with E-state index in [4.69, 9.17) is 5.11 Å². The Bertz CT molecular complexity index is 544. The molecular weight excluding hydrogens is 270 g/mol. The molecule has 18 heavy (non-hydrogen) atoms. The molecule has 4 nitrogen and oxygen atoms in total. The number of hydrogen-bond acceptors (Lipinski definition) is 4. The summed E-state index contributed by atoms with van der Waals surface area (Å²) in [4.78, 5) is 0. The molecule has 0 saturated heterocycles. The highest BCUT2D eigenvalue weighted by molar-refractivity contribution is 7.91. The Morgan fingerprint density at radius 1 is 1.33 bits per heavy atom. The second-order valence-electron chi connectivity index (χ2n) is 5.93. The van der Waals surface area contributed by atoms with Gasteiger partial charge in [0.25, 0.3) is 0 Å². The van der Waals surface area contributed by atoms with E-state index in [1.54, 1.807) is 5.38 Å². The van der Waals surface area contributed by atoms with Gasteiger partial charge in [0.1, 0.15) is 4.21 Å². The van der Waals surface area contributed by atoms with E-state index in [0.717, 1.165) is 11.3 Å². The van der Waals surface area contributed by atoms with Gasteiger partial charge in [-0.1, -0.05) is 27.7 Å². The molecule has 6 heteroatoms. The number of sulfonamides is 1. The first-order chi connectivity index (χ1) is 8.13. The number of aliphatic hydroxyl groups is 1. The Balaban J connectivity index is 2.19. The van der Waals surface area contributed by atoms with Crippen molar-refractivity contribution in [2.45, 2.75) is 44.6 Å². The molecule has 2 N–H and O–H groups in total. The lowest BCUT2D eigenvalue weighted by Gasteiger charge is -2.05. The maximum absolute atomic E-state index is 12.2. The Morgan fingerprint density at radius 2 is 1.89 bits per heavy atom. The van der Waals surface area contributed by atoms with Crippen LogP contribution in [0.5, 0.6) is 0 Å². The lowest BCUT2D eigenvalue weighted by molar-refractivity contribution is 0.282. The maximum Gasteiger partial charge on any atom is 0.250 e. The van der Waals surface area contributed by atoms with Gasteiger partial charge in [-0.15, -0.1) is 11.3 Å². The molecule has 2 rings (SSSR count). The minimum Gasteiger partial charge on any atom is -0.392 e. The van der Waals surface area contributed by atoms with Gasteiger partial charge < -0.3 is 5.11 Å². The molecular formula is C12H19NO3S2. The fourth-order valence-corrected chi connectivity index (χ4v) is 5.03. The average Bonchev–Trinajstić information content (AvgIpc) is 2.68. The lowest BCUT2D eigenvalue weighted by atomic mass is 10.0. The lowest BCUT2D eigenvalue weighted by Crippen LogP contribution is -2.29. The average molecular weight is 289 g/mol. The molecule has 1 saturated carbocycles. The van der Waals surface area contributed by atoms with Crippen LogP contribution in [-0.4, -0.2) is 19.6 Å². The molecule has 0 bridgehead atoms. The number of thiophene rings is 1. The zero-order valence-electron chi connectivity index (χ0n) is 11.0. The fourth-order valence-electron chi connectivity index (χ4n) is 2.28. The van der Waals surface area contributed by atoms with Gasteiger partial charge in [-0.25, -0.2) is 13.1 Å². The highest BCUT2D eigenvalue weighted by Crippen LogP contribution is 2.63. The summed E-state index contributed by atoms with van der Waals surface area (Å²) < 4.78 is 27.4. The molecule has 1 fully saturated rings. The van der Waals surface area contributed by atoms with Crippen LogP contribution >= 0.6 is 11.3 Å². The van der Waals surface area contributed by atoms with Gasteiger partial charge in [0.2, 0.25) is 10.0 Å². The molecule has 0 spiro atoms.